The van der Waals surface area contributed by atoms with E-state index < -0.39 is 5.97 Å². The van der Waals surface area contributed by atoms with Gasteiger partial charge in [-0.05, 0) is 0 Å². The fourth-order valence-corrected chi connectivity index (χ4v) is 0.559. The van der Waals surface area contributed by atoms with Gasteiger partial charge in [-0.1, -0.05) is 0 Å². The van der Waals surface area contributed by atoms with Crippen LogP contribution in [-0.2, 0) is 4.79 Å². The number of carboxylic acids is 1. The molecule has 0 aliphatic heterocycles. The molecule has 5 nitrogen and oxygen atoms in total. The van der Waals surface area contributed by atoms with Crippen LogP contribution in [0.25, 0.3) is 0 Å². The minimum absolute atomic E-state index is 0.0279. The van der Waals surface area contributed by atoms with Crippen LogP contribution in [0, 0.1) is 22.7 Å². The molecule has 0 aromatic heterocycles. The first-order chi connectivity index (χ1) is 5.20. The van der Waals surface area contributed by atoms with Crippen LogP contribution in [0.1, 0.15) is 0 Å². The zero-order chi connectivity index (χ0) is 8.69. The van der Waals surface area contributed by atoms with Crippen molar-refractivity contribution in [3.05, 3.63) is 0 Å². The fraction of sp³-hybridized carbons (Fsp3) is 0.500. The normalized spacial score (nSPS) is 8.64. The number of rotatable bonds is 4. The van der Waals surface area contributed by atoms with E-state index in [1.807, 2.05) is 0 Å². The Morgan fingerprint density at radius 3 is 2.09 bits per heavy atom. The van der Waals surface area contributed by atoms with E-state index in [2.05, 4.69) is 0 Å². The molecule has 0 atom stereocenters. The highest BCUT2D eigenvalue weighted by molar-refractivity contribution is 5.69. The Morgan fingerprint density at radius 1 is 1.36 bits per heavy atom. The van der Waals surface area contributed by atoms with Crippen molar-refractivity contribution in [2.45, 2.75) is 0 Å². The lowest BCUT2D eigenvalue weighted by Crippen LogP contribution is -2.30. The van der Waals surface area contributed by atoms with Crippen LogP contribution < -0.4 is 0 Å². The zero-order valence-corrected chi connectivity index (χ0v) is 5.82. The lowest BCUT2D eigenvalue weighted by molar-refractivity contribution is -0.138. The molecule has 5 heteroatoms. The number of hydrogen-bond donors (Lipinski definition) is 1. The average Bonchev–Trinajstić information content (AvgIpc) is 1.87. The molecule has 0 aliphatic rings. The molecule has 11 heavy (non-hydrogen) atoms. The van der Waals surface area contributed by atoms with Crippen molar-refractivity contribution in [1.82, 2.24) is 4.90 Å². The van der Waals surface area contributed by atoms with Crippen molar-refractivity contribution in [2.24, 2.45) is 0 Å². The Balaban J connectivity index is 3.82. The maximum absolute atomic E-state index is 10.1. The first kappa shape index (κ1) is 9.41. The van der Waals surface area contributed by atoms with E-state index in [0.717, 1.165) is 0 Å². The minimum atomic E-state index is -1.03. The van der Waals surface area contributed by atoms with Crippen molar-refractivity contribution < 1.29 is 9.90 Å². The summed E-state index contributed by atoms with van der Waals surface area (Å²) < 4.78 is 0. The number of carboxylic acid groups (broad SMARTS) is 1. The average molecular weight is 153 g/mol. The number of nitrogens with zero attached hydrogens (tertiary/aromatic N) is 3. The summed E-state index contributed by atoms with van der Waals surface area (Å²) in [7, 11) is 0. The second-order valence-electron chi connectivity index (χ2n) is 1.86. The van der Waals surface area contributed by atoms with Crippen LogP contribution in [0.15, 0.2) is 0 Å². The SMILES string of the molecule is N#CCN(CC#N)CC(=O)O. The van der Waals surface area contributed by atoms with Gasteiger partial charge in [0.25, 0.3) is 0 Å². The molecule has 0 amide bonds. The van der Waals surface area contributed by atoms with Gasteiger partial charge in [0, 0.05) is 0 Å². The third-order valence-corrected chi connectivity index (χ3v) is 0.948. The van der Waals surface area contributed by atoms with Crippen LogP contribution in [0.5, 0.6) is 0 Å². The van der Waals surface area contributed by atoms with Gasteiger partial charge in [-0.25, -0.2) is 0 Å². The van der Waals surface area contributed by atoms with Gasteiger partial charge in [0.1, 0.15) is 0 Å². The van der Waals surface area contributed by atoms with Gasteiger partial charge in [-0.3, -0.25) is 9.69 Å². The zero-order valence-electron chi connectivity index (χ0n) is 5.82. The predicted octanol–water partition coefficient (Wildman–Crippen LogP) is -0.580. The first-order valence-electron chi connectivity index (χ1n) is 2.88. The second-order valence-corrected chi connectivity index (χ2v) is 1.86. The van der Waals surface area contributed by atoms with Crippen molar-refractivity contribution in [2.75, 3.05) is 19.6 Å². The van der Waals surface area contributed by atoms with Gasteiger partial charge < -0.3 is 5.11 Å². The van der Waals surface area contributed by atoms with E-state index in [1.165, 1.54) is 4.90 Å². The van der Waals surface area contributed by atoms with Crippen LogP contribution in [0.2, 0.25) is 0 Å². The van der Waals surface area contributed by atoms with Crippen LogP contribution in [0.3, 0.4) is 0 Å². The van der Waals surface area contributed by atoms with Crippen molar-refractivity contribution in [1.29, 1.82) is 10.5 Å². The standard InChI is InChI=1S/C6H7N3O2/c7-1-3-9(4-2-8)5-6(10)11/h3-5H2,(H,10,11). The molecule has 0 saturated heterocycles. The Kier molecular flexibility index (Phi) is 4.46. The molecular weight excluding hydrogens is 146 g/mol. The van der Waals surface area contributed by atoms with Crippen molar-refractivity contribution >= 4 is 5.97 Å². The highest BCUT2D eigenvalue weighted by Crippen LogP contribution is 1.84. The quantitative estimate of drug-likeness (QED) is 0.546. The lowest BCUT2D eigenvalue weighted by atomic mass is 10.5. The summed E-state index contributed by atoms with van der Waals surface area (Å²) in [5.74, 6) is -1.03. The molecule has 0 aromatic rings. The van der Waals surface area contributed by atoms with E-state index in [0.29, 0.717) is 0 Å². The number of carbonyl (C=O) groups is 1. The topological polar surface area (TPSA) is 88.1 Å². The molecule has 0 spiro atoms. The molecule has 0 aliphatic carbocycles. The Hall–Kier alpha value is -1.59. The van der Waals surface area contributed by atoms with Gasteiger partial charge >= 0.3 is 5.97 Å². The van der Waals surface area contributed by atoms with Gasteiger partial charge in [-0.2, -0.15) is 10.5 Å². The van der Waals surface area contributed by atoms with Crippen LogP contribution >= 0.6 is 0 Å². The molecule has 0 saturated carbocycles. The van der Waals surface area contributed by atoms with Gasteiger partial charge in [0.15, 0.2) is 0 Å². The highest BCUT2D eigenvalue weighted by atomic mass is 16.4. The summed E-state index contributed by atoms with van der Waals surface area (Å²) in [6, 6.07) is 3.54. The van der Waals surface area contributed by atoms with Crippen LogP contribution in [-0.4, -0.2) is 35.6 Å². The molecule has 0 bridgehead atoms. The molecule has 0 aromatic carbocycles. The lowest BCUT2D eigenvalue weighted by Gasteiger charge is -2.10. The third kappa shape index (κ3) is 4.89. The fourth-order valence-electron chi connectivity index (χ4n) is 0.559. The Labute approximate surface area is 64.1 Å². The number of nitriles is 2. The van der Waals surface area contributed by atoms with Gasteiger partial charge in [0.2, 0.25) is 0 Å². The smallest absolute Gasteiger partial charge is 0.317 e. The Bertz CT molecular complexity index is 197. The summed E-state index contributed by atoms with van der Waals surface area (Å²) in [6.45, 7) is -0.319. The Morgan fingerprint density at radius 2 is 1.82 bits per heavy atom. The summed E-state index contributed by atoms with van der Waals surface area (Å²) in [6.07, 6.45) is 0. The van der Waals surface area contributed by atoms with E-state index in [1.54, 1.807) is 12.1 Å². The van der Waals surface area contributed by atoms with E-state index in [-0.39, 0.29) is 19.6 Å². The number of hydrogen-bond acceptors (Lipinski definition) is 4. The largest absolute Gasteiger partial charge is 0.480 e. The first-order valence-corrected chi connectivity index (χ1v) is 2.88. The van der Waals surface area contributed by atoms with Crippen LogP contribution in [0.4, 0.5) is 0 Å². The van der Waals surface area contributed by atoms with E-state index in [9.17, 15) is 4.79 Å². The predicted molar refractivity (Wildman–Crippen MR) is 35.3 cm³/mol. The molecule has 58 valence electrons. The molecule has 0 rings (SSSR count). The third-order valence-electron chi connectivity index (χ3n) is 0.948. The van der Waals surface area contributed by atoms with E-state index in [4.69, 9.17) is 15.6 Å². The van der Waals surface area contributed by atoms with Crippen molar-refractivity contribution in [3.63, 3.8) is 0 Å². The molecule has 0 heterocycles. The molecule has 0 unspecified atom stereocenters. The number of aliphatic carboxylic acids is 1. The highest BCUT2D eigenvalue weighted by Gasteiger charge is 2.07. The van der Waals surface area contributed by atoms with E-state index >= 15 is 0 Å². The molecule has 0 radical (unpaired) electrons. The monoisotopic (exact) mass is 153 g/mol. The summed E-state index contributed by atoms with van der Waals surface area (Å²) in [5, 5.41) is 24.6. The van der Waals surface area contributed by atoms with Gasteiger partial charge in [0.05, 0.1) is 31.8 Å². The summed E-state index contributed by atoms with van der Waals surface area (Å²) in [4.78, 5) is 11.3. The molecule has 1 N–H and O–H groups in total. The minimum Gasteiger partial charge on any atom is -0.480 e. The maximum atomic E-state index is 10.1. The second kappa shape index (κ2) is 5.21. The molecule has 0 fully saturated rings. The molecular formula is C6H7N3O2. The summed E-state index contributed by atoms with van der Waals surface area (Å²) >= 11 is 0. The maximum Gasteiger partial charge on any atom is 0.317 e. The van der Waals surface area contributed by atoms with Gasteiger partial charge in [-0.15, -0.1) is 0 Å². The summed E-state index contributed by atoms with van der Waals surface area (Å²) in [5.41, 5.74) is 0. The van der Waals surface area contributed by atoms with Crippen molar-refractivity contribution in [3.8, 4) is 12.1 Å².